The van der Waals surface area contributed by atoms with E-state index in [1.165, 1.54) is 0 Å². The van der Waals surface area contributed by atoms with Crippen LogP contribution in [0.1, 0.15) is 19.8 Å². The van der Waals surface area contributed by atoms with Crippen molar-refractivity contribution in [1.29, 1.82) is 0 Å². The van der Waals surface area contributed by atoms with Gasteiger partial charge in [0.25, 0.3) is 0 Å². The van der Waals surface area contributed by atoms with Crippen LogP contribution in [-0.4, -0.2) is 0 Å². The van der Waals surface area contributed by atoms with E-state index in [0.29, 0.717) is 12.0 Å². The van der Waals surface area contributed by atoms with E-state index >= 15 is 0 Å². The normalized spacial score (nSPS) is 20.1. The topological polar surface area (TPSA) is 0 Å². The van der Waals surface area contributed by atoms with Crippen LogP contribution < -0.4 is 0 Å². The Morgan fingerprint density at radius 3 is 2.56 bits per heavy atom. The molecule has 1 rings (SSSR count). The summed E-state index contributed by atoms with van der Waals surface area (Å²) in [5, 5.41) is 0. The summed E-state index contributed by atoms with van der Waals surface area (Å²) in [6.07, 6.45) is 2.56. The standard InChI is InChI=1S/C7H8F2/c1-5-3-2-4-6(8)7(5)9/h3H,2,4H2,1H3. The van der Waals surface area contributed by atoms with Crippen LogP contribution in [0.15, 0.2) is 23.3 Å². The van der Waals surface area contributed by atoms with Crippen LogP contribution >= 0.6 is 0 Å². The first-order valence-corrected chi connectivity index (χ1v) is 2.93. The Morgan fingerprint density at radius 2 is 2.11 bits per heavy atom. The van der Waals surface area contributed by atoms with Gasteiger partial charge in [0.15, 0.2) is 5.83 Å². The molecular formula is C7H8F2. The Hall–Kier alpha value is -0.660. The fourth-order valence-electron chi connectivity index (χ4n) is 0.829. The minimum Gasteiger partial charge on any atom is -0.209 e. The van der Waals surface area contributed by atoms with E-state index in [1.807, 2.05) is 0 Å². The molecule has 0 spiro atoms. The predicted octanol–water partition coefficient (Wildman–Crippen LogP) is 2.88. The maximum atomic E-state index is 12.4. The number of rotatable bonds is 0. The van der Waals surface area contributed by atoms with Crippen LogP contribution in [0.25, 0.3) is 0 Å². The van der Waals surface area contributed by atoms with Crippen molar-refractivity contribution in [2.45, 2.75) is 19.8 Å². The van der Waals surface area contributed by atoms with Gasteiger partial charge in [0.1, 0.15) is 5.83 Å². The number of hydrogen-bond donors (Lipinski definition) is 0. The molecule has 0 radical (unpaired) electrons. The molecule has 1 aliphatic carbocycles. The van der Waals surface area contributed by atoms with E-state index < -0.39 is 11.7 Å². The van der Waals surface area contributed by atoms with Crippen LogP contribution in [-0.2, 0) is 0 Å². The zero-order valence-corrected chi connectivity index (χ0v) is 5.25. The highest BCUT2D eigenvalue weighted by molar-refractivity contribution is 5.28. The Morgan fingerprint density at radius 1 is 1.44 bits per heavy atom. The van der Waals surface area contributed by atoms with Crippen LogP contribution in [0.2, 0.25) is 0 Å². The third kappa shape index (κ3) is 1.18. The molecule has 0 atom stereocenters. The molecule has 0 aromatic carbocycles. The largest absolute Gasteiger partial charge is 0.209 e. The van der Waals surface area contributed by atoms with Crippen molar-refractivity contribution in [3.63, 3.8) is 0 Å². The molecular weight excluding hydrogens is 122 g/mol. The van der Waals surface area contributed by atoms with Crippen molar-refractivity contribution in [3.8, 4) is 0 Å². The Bertz CT molecular complexity index is 177. The van der Waals surface area contributed by atoms with E-state index in [-0.39, 0.29) is 6.42 Å². The highest BCUT2D eigenvalue weighted by Gasteiger charge is 2.11. The molecule has 0 saturated heterocycles. The number of allylic oxidation sites excluding steroid dienone is 4. The van der Waals surface area contributed by atoms with Crippen LogP contribution in [0.5, 0.6) is 0 Å². The summed E-state index contributed by atoms with van der Waals surface area (Å²) in [6, 6.07) is 0. The summed E-state index contributed by atoms with van der Waals surface area (Å²) in [7, 11) is 0. The van der Waals surface area contributed by atoms with Crippen molar-refractivity contribution in [2.24, 2.45) is 0 Å². The molecule has 0 saturated carbocycles. The summed E-state index contributed by atoms with van der Waals surface area (Å²) < 4.78 is 24.7. The minimum absolute atomic E-state index is 0.225. The summed E-state index contributed by atoms with van der Waals surface area (Å²) >= 11 is 0. The lowest BCUT2D eigenvalue weighted by Gasteiger charge is -2.05. The lowest BCUT2D eigenvalue weighted by molar-refractivity contribution is 0.507. The molecule has 0 nitrogen and oxygen atoms in total. The van der Waals surface area contributed by atoms with Crippen LogP contribution in [0, 0.1) is 0 Å². The quantitative estimate of drug-likeness (QED) is 0.473. The van der Waals surface area contributed by atoms with Crippen LogP contribution in [0.3, 0.4) is 0 Å². The average molecular weight is 130 g/mol. The molecule has 0 aromatic heterocycles. The third-order valence-electron chi connectivity index (χ3n) is 1.40. The minimum atomic E-state index is -0.666. The van der Waals surface area contributed by atoms with Crippen molar-refractivity contribution in [3.05, 3.63) is 23.3 Å². The van der Waals surface area contributed by atoms with E-state index in [1.54, 1.807) is 13.0 Å². The Kier molecular flexibility index (Phi) is 1.65. The van der Waals surface area contributed by atoms with Gasteiger partial charge in [0.05, 0.1) is 0 Å². The molecule has 0 amide bonds. The molecule has 2 heteroatoms. The van der Waals surface area contributed by atoms with Gasteiger partial charge in [0, 0.05) is 6.42 Å². The zero-order chi connectivity index (χ0) is 6.85. The maximum absolute atomic E-state index is 12.4. The smallest absolute Gasteiger partial charge is 0.157 e. The first kappa shape index (κ1) is 6.46. The van der Waals surface area contributed by atoms with Gasteiger partial charge in [-0.2, -0.15) is 0 Å². The van der Waals surface area contributed by atoms with E-state index in [0.717, 1.165) is 0 Å². The molecule has 0 unspecified atom stereocenters. The molecule has 0 aromatic rings. The van der Waals surface area contributed by atoms with Gasteiger partial charge in [-0.25, -0.2) is 8.78 Å². The second-order valence-electron chi connectivity index (χ2n) is 2.14. The second kappa shape index (κ2) is 2.29. The molecule has 1 aliphatic rings. The molecule has 0 N–H and O–H groups in total. The summed E-state index contributed by atoms with van der Waals surface area (Å²) in [4.78, 5) is 0. The van der Waals surface area contributed by atoms with Gasteiger partial charge in [-0.1, -0.05) is 6.08 Å². The molecule has 0 bridgehead atoms. The van der Waals surface area contributed by atoms with E-state index in [9.17, 15) is 8.78 Å². The van der Waals surface area contributed by atoms with E-state index in [4.69, 9.17) is 0 Å². The third-order valence-corrected chi connectivity index (χ3v) is 1.40. The van der Waals surface area contributed by atoms with Gasteiger partial charge >= 0.3 is 0 Å². The Labute approximate surface area is 52.9 Å². The average Bonchev–Trinajstić information content (AvgIpc) is 1.83. The Balaban J connectivity index is 2.88. The van der Waals surface area contributed by atoms with Gasteiger partial charge in [-0.05, 0) is 18.9 Å². The van der Waals surface area contributed by atoms with Crippen molar-refractivity contribution in [1.82, 2.24) is 0 Å². The first-order valence-electron chi connectivity index (χ1n) is 2.93. The first-order chi connectivity index (χ1) is 4.22. The molecule has 9 heavy (non-hydrogen) atoms. The lowest BCUT2D eigenvalue weighted by Crippen LogP contribution is -1.90. The highest BCUT2D eigenvalue weighted by Crippen LogP contribution is 2.26. The van der Waals surface area contributed by atoms with Crippen molar-refractivity contribution < 1.29 is 8.78 Å². The zero-order valence-electron chi connectivity index (χ0n) is 5.25. The van der Waals surface area contributed by atoms with Gasteiger partial charge in [0.2, 0.25) is 0 Å². The van der Waals surface area contributed by atoms with Gasteiger partial charge < -0.3 is 0 Å². The molecule has 0 heterocycles. The summed E-state index contributed by atoms with van der Waals surface area (Å²) in [5.74, 6) is -1.27. The predicted molar refractivity (Wildman–Crippen MR) is 32.2 cm³/mol. The SMILES string of the molecule is CC1=CCCC(F)=C1F. The summed E-state index contributed by atoms with van der Waals surface area (Å²) in [6.45, 7) is 1.58. The molecule has 50 valence electrons. The monoisotopic (exact) mass is 130 g/mol. The lowest BCUT2D eigenvalue weighted by atomic mass is 10.1. The van der Waals surface area contributed by atoms with E-state index in [2.05, 4.69) is 0 Å². The van der Waals surface area contributed by atoms with Crippen LogP contribution in [0.4, 0.5) is 8.78 Å². The molecule has 0 fully saturated rings. The second-order valence-corrected chi connectivity index (χ2v) is 2.14. The van der Waals surface area contributed by atoms with Crippen molar-refractivity contribution >= 4 is 0 Å². The number of halogens is 2. The highest BCUT2D eigenvalue weighted by atomic mass is 19.2. The molecule has 0 aliphatic heterocycles. The van der Waals surface area contributed by atoms with Crippen molar-refractivity contribution in [2.75, 3.05) is 0 Å². The fourth-order valence-corrected chi connectivity index (χ4v) is 0.829. The fraction of sp³-hybridized carbons (Fsp3) is 0.429. The van der Waals surface area contributed by atoms with Gasteiger partial charge in [-0.3, -0.25) is 0 Å². The number of hydrogen-bond acceptors (Lipinski definition) is 0. The van der Waals surface area contributed by atoms with Gasteiger partial charge in [-0.15, -0.1) is 0 Å². The maximum Gasteiger partial charge on any atom is 0.157 e. The summed E-state index contributed by atoms with van der Waals surface area (Å²) in [5.41, 5.74) is 0.429.